The normalized spacial score (nSPS) is 22.8. The largest absolute Gasteiger partial charge is 0.492 e. The first kappa shape index (κ1) is 49.3. The fourth-order valence-corrected chi connectivity index (χ4v) is 11.0. The number of allylic oxidation sites excluding steroid dienone is 1. The third-order valence-corrected chi connectivity index (χ3v) is 14.5. The molecule has 13 heteroatoms. The highest BCUT2D eigenvalue weighted by Gasteiger charge is 2.65. The molecular weight excluding hydrogens is 897 g/mol. The summed E-state index contributed by atoms with van der Waals surface area (Å²) < 4.78 is 21.3. The average molecular weight is 961 g/mol. The summed E-state index contributed by atoms with van der Waals surface area (Å²) in [6, 6.07) is 35.5. The van der Waals surface area contributed by atoms with Gasteiger partial charge in [-0.3, -0.25) is 19.8 Å². The summed E-state index contributed by atoms with van der Waals surface area (Å²) in [6.07, 6.45) is 12.0. The maximum Gasteiger partial charge on any atom is 0.269 e. The van der Waals surface area contributed by atoms with Gasteiger partial charge >= 0.3 is 0 Å². The summed E-state index contributed by atoms with van der Waals surface area (Å²) in [6.45, 7) is 8.33. The Bertz CT molecular complexity index is 2730. The second-order valence-corrected chi connectivity index (χ2v) is 19.0. The number of carbonyl (C=O) groups is 1. The van der Waals surface area contributed by atoms with Crippen molar-refractivity contribution in [3.05, 3.63) is 178 Å². The lowest BCUT2D eigenvalue weighted by atomic mass is 9.55. The van der Waals surface area contributed by atoms with Crippen LogP contribution in [0.2, 0.25) is 0 Å². The number of benzene rings is 5. The summed E-state index contributed by atoms with van der Waals surface area (Å²) in [4.78, 5) is 37.1. The minimum atomic E-state index is -1.50. The molecule has 2 aliphatic heterocycles. The number of nitro groups is 1. The van der Waals surface area contributed by atoms with E-state index in [-0.39, 0.29) is 68.7 Å². The summed E-state index contributed by atoms with van der Waals surface area (Å²) in [5.74, 6) is -1.10. The van der Waals surface area contributed by atoms with Gasteiger partial charge in [0.15, 0.2) is 0 Å². The number of aliphatic hydroxyl groups excluding tert-OH is 2. The Kier molecular flexibility index (Phi) is 16.0. The molecule has 0 aromatic heterocycles. The molecule has 370 valence electrons. The van der Waals surface area contributed by atoms with Crippen LogP contribution in [0.3, 0.4) is 0 Å². The smallest absolute Gasteiger partial charge is 0.269 e. The van der Waals surface area contributed by atoms with Gasteiger partial charge in [0.2, 0.25) is 11.7 Å². The minimum absolute atomic E-state index is 0.0330. The first-order chi connectivity index (χ1) is 34.8. The van der Waals surface area contributed by atoms with E-state index in [1.165, 1.54) is 18.2 Å². The first-order valence-electron chi connectivity index (χ1n) is 25.1. The standard InChI is InChI=1S/C58H64N4O9/c1-2-34-69-58-54(61(39-45-18-12-17-43-15-6-7-19-48(43)45)55(65)28-23-41-21-24-46(25-22-41)62(66)67)38-52(59-70-40-42-13-4-3-5-14-42)50-36-44(16-8-10-32-63)49(20-9-11-33-64)56(57(50)58)51-37-47(26-27-53(51)71-58)68-35-31-60-29-30-60/h2-7,12-15,17-19,21-28,36-37,44,49,54,56-57,63-64H,1,8-11,16,20,29-35,38-40H2. The summed E-state index contributed by atoms with van der Waals surface area (Å²) in [5, 5.41) is 38.7. The molecule has 0 radical (unpaired) electrons. The molecule has 0 spiro atoms. The van der Waals surface area contributed by atoms with Gasteiger partial charge in [0.25, 0.3) is 5.69 Å². The van der Waals surface area contributed by atoms with Crippen LogP contribution >= 0.6 is 0 Å². The molecule has 71 heavy (non-hydrogen) atoms. The topological polar surface area (TPSA) is 156 Å². The van der Waals surface area contributed by atoms with Crippen molar-refractivity contribution in [3.8, 4) is 11.5 Å². The van der Waals surface area contributed by atoms with E-state index < -0.39 is 22.7 Å². The number of nitro benzene ring substituents is 1. The van der Waals surface area contributed by atoms with Gasteiger partial charge in [-0.2, -0.15) is 0 Å². The van der Waals surface area contributed by atoms with Gasteiger partial charge in [-0.1, -0.05) is 103 Å². The number of rotatable bonds is 24. The maximum absolute atomic E-state index is 15.5. The highest BCUT2D eigenvalue weighted by Crippen LogP contribution is 2.62. The van der Waals surface area contributed by atoms with E-state index in [1.807, 2.05) is 71.6 Å². The number of aliphatic hydroxyl groups is 2. The maximum atomic E-state index is 15.5. The zero-order chi connectivity index (χ0) is 49.2. The number of nitrogens with zero attached hydrogens (tertiary/aromatic N) is 4. The van der Waals surface area contributed by atoms with Crippen molar-refractivity contribution in [1.29, 1.82) is 0 Å². The second-order valence-electron chi connectivity index (χ2n) is 19.0. The molecule has 2 heterocycles. The molecule has 13 nitrogen and oxygen atoms in total. The lowest BCUT2D eigenvalue weighted by Gasteiger charge is -2.60. The van der Waals surface area contributed by atoms with Crippen LogP contribution in [0.5, 0.6) is 11.5 Å². The lowest BCUT2D eigenvalue weighted by molar-refractivity contribution is -0.384. The summed E-state index contributed by atoms with van der Waals surface area (Å²) >= 11 is 0. The lowest BCUT2D eigenvalue weighted by Crippen LogP contribution is -2.70. The number of oxime groups is 1. The van der Waals surface area contributed by atoms with Crippen molar-refractivity contribution in [1.82, 2.24) is 9.80 Å². The van der Waals surface area contributed by atoms with Crippen LogP contribution < -0.4 is 9.47 Å². The fraction of sp³-hybridized carbons (Fsp3) is 0.379. The van der Waals surface area contributed by atoms with E-state index in [0.717, 1.165) is 84.1 Å². The van der Waals surface area contributed by atoms with Crippen molar-refractivity contribution in [2.24, 2.45) is 22.9 Å². The van der Waals surface area contributed by atoms with Crippen LogP contribution in [0.25, 0.3) is 16.8 Å². The van der Waals surface area contributed by atoms with E-state index in [9.17, 15) is 20.3 Å². The fourth-order valence-electron chi connectivity index (χ4n) is 11.0. The van der Waals surface area contributed by atoms with Crippen molar-refractivity contribution in [2.75, 3.05) is 46.1 Å². The molecule has 6 unspecified atom stereocenters. The highest BCUT2D eigenvalue weighted by molar-refractivity contribution is 6.03. The van der Waals surface area contributed by atoms with Crippen molar-refractivity contribution >= 4 is 34.2 Å². The van der Waals surface area contributed by atoms with E-state index in [1.54, 1.807) is 24.3 Å². The zero-order valence-corrected chi connectivity index (χ0v) is 40.2. The van der Waals surface area contributed by atoms with Crippen molar-refractivity contribution < 1.29 is 39.0 Å². The molecule has 2 aliphatic carbocycles. The molecular formula is C58H64N4O9. The third-order valence-electron chi connectivity index (χ3n) is 14.5. The Labute approximate surface area is 415 Å². The molecule has 1 saturated heterocycles. The number of carbonyl (C=O) groups excluding carboxylic acids is 1. The van der Waals surface area contributed by atoms with E-state index >= 15 is 4.79 Å². The molecule has 4 aliphatic rings. The van der Waals surface area contributed by atoms with Gasteiger partial charge in [0.1, 0.15) is 30.8 Å². The van der Waals surface area contributed by atoms with Gasteiger partial charge in [-0.15, -0.1) is 6.58 Å². The Morgan fingerprint density at radius 3 is 2.45 bits per heavy atom. The number of hydrogen-bond acceptors (Lipinski definition) is 11. The van der Waals surface area contributed by atoms with Gasteiger partial charge in [-0.05, 0) is 107 Å². The van der Waals surface area contributed by atoms with Gasteiger partial charge in [0.05, 0.1) is 23.2 Å². The predicted molar refractivity (Wildman–Crippen MR) is 275 cm³/mol. The van der Waals surface area contributed by atoms with Gasteiger partial charge in [0, 0.05) is 75.5 Å². The van der Waals surface area contributed by atoms with Crippen molar-refractivity contribution in [3.63, 3.8) is 0 Å². The second kappa shape index (κ2) is 23.1. The number of fused-ring (bicyclic) bond motifs is 3. The van der Waals surface area contributed by atoms with E-state index in [0.29, 0.717) is 36.5 Å². The Morgan fingerprint density at radius 2 is 1.69 bits per heavy atom. The number of amides is 1. The number of non-ortho nitro benzene ring substituents is 1. The van der Waals surface area contributed by atoms with Crippen LogP contribution in [-0.2, 0) is 27.5 Å². The quantitative estimate of drug-likeness (QED) is 0.0152. The molecule has 9 rings (SSSR count). The van der Waals surface area contributed by atoms with Crippen LogP contribution in [0.15, 0.2) is 151 Å². The number of ether oxygens (including phenoxy) is 3. The SMILES string of the molecule is C=CCOC12Oc3ccc(OCCN4CC4)cc3C3C(CCCCO)C(CCCCO)C=C(C(=NOCc4ccccc4)CC1N(Cc1cccc4ccccc14)C(=O)C=Cc1ccc([N+](=O)[O-])cc1)C32. The number of hydrogen-bond donors (Lipinski definition) is 2. The Balaban J connectivity index is 1.24. The molecule has 0 bridgehead atoms. The Morgan fingerprint density at radius 1 is 0.930 bits per heavy atom. The number of unbranched alkanes of at least 4 members (excludes halogenated alkanes) is 2. The van der Waals surface area contributed by atoms with Gasteiger partial charge < -0.3 is 34.2 Å². The zero-order valence-electron chi connectivity index (χ0n) is 40.2. The Hall–Kier alpha value is -6.64. The van der Waals surface area contributed by atoms with Crippen LogP contribution in [-0.4, -0.2) is 94.4 Å². The highest BCUT2D eigenvalue weighted by atomic mass is 16.7. The summed E-state index contributed by atoms with van der Waals surface area (Å²) in [7, 11) is 0. The molecule has 6 atom stereocenters. The van der Waals surface area contributed by atoms with Crippen LogP contribution in [0, 0.1) is 27.9 Å². The molecule has 5 aromatic carbocycles. The minimum Gasteiger partial charge on any atom is -0.492 e. The third kappa shape index (κ3) is 11.3. The van der Waals surface area contributed by atoms with Gasteiger partial charge in [-0.25, -0.2) is 0 Å². The first-order valence-corrected chi connectivity index (χ1v) is 25.1. The van der Waals surface area contributed by atoms with Crippen LogP contribution in [0.4, 0.5) is 5.69 Å². The molecule has 2 fully saturated rings. The molecule has 2 N–H and O–H groups in total. The molecule has 5 aromatic rings. The predicted octanol–water partition coefficient (Wildman–Crippen LogP) is 10.0. The van der Waals surface area contributed by atoms with E-state index in [4.69, 9.17) is 24.2 Å². The average Bonchev–Trinajstić information content (AvgIpc) is 4.23. The van der Waals surface area contributed by atoms with E-state index in [2.05, 4.69) is 41.8 Å². The molecule has 1 amide bonds. The van der Waals surface area contributed by atoms with Crippen LogP contribution in [0.1, 0.15) is 73.1 Å². The summed E-state index contributed by atoms with van der Waals surface area (Å²) in [5.41, 5.74) is 5.07. The monoisotopic (exact) mass is 960 g/mol. The molecule has 1 saturated carbocycles. The van der Waals surface area contributed by atoms with Crippen molar-refractivity contribution in [2.45, 2.75) is 75.8 Å².